The van der Waals surface area contributed by atoms with E-state index >= 15 is 0 Å². The minimum atomic E-state index is -4.95. The van der Waals surface area contributed by atoms with Crippen molar-refractivity contribution in [2.24, 2.45) is 0 Å². The summed E-state index contributed by atoms with van der Waals surface area (Å²) >= 11 is 0. The van der Waals surface area contributed by atoms with Crippen LogP contribution in [0.5, 0.6) is 11.5 Å². The number of alkyl halides is 6. The Hall–Kier alpha value is -3.34. The zero-order valence-electron chi connectivity index (χ0n) is 24.6. The highest BCUT2D eigenvalue weighted by molar-refractivity contribution is 6.76. The summed E-state index contributed by atoms with van der Waals surface area (Å²) in [4.78, 5) is 18.4. The number of nitrogens with zero attached hydrogens (tertiary/aromatic N) is 3. The van der Waals surface area contributed by atoms with E-state index < -0.39 is 54.5 Å². The fourth-order valence-electron chi connectivity index (χ4n) is 4.49. The number of pyridine rings is 1. The van der Waals surface area contributed by atoms with E-state index in [4.69, 9.17) is 14.2 Å². The van der Waals surface area contributed by atoms with Crippen LogP contribution in [-0.2, 0) is 28.6 Å². The molecule has 0 unspecified atom stereocenters. The third-order valence-corrected chi connectivity index (χ3v) is 8.54. The molecule has 9 nitrogen and oxygen atoms in total. The molecule has 0 saturated carbocycles. The quantitative estimate of drug-likeness (QED) is 0.138. The third kappa shape index (κ3) is 9.09. The first-order chi connectivity index (χ1) is 20.6. The van der Waals surface area contributed by atoms with Gasteiger partial charge in [-0.1, -0.05) is 19.6 Å². The van der Waals surface area contributed by atoms with Gasteiger partial charge >= 0.3 is 18.4 Å². The van der Waals surface area contributed by atoms with Crippen LogP contribution in [0.15, 0.2) is 36.7 Å². The number of carbonyl (C=O) groups is 1. The van der Waals surface area contributed by atoms with Gasteiger partial charge in [0.15, 0.2) is 0 Å². The van der Waals surface area contributed by atoms with E-state index in [0.717, 1.165) is 35.1 Å². The van der Waals surface area contributed by atoms with E-state index in [1.807, 2.05) is 0 Å². The monoisotopic (exact) mass is 647 g/mol. The number of rotatable bonds is 11. The molecule has 2 aromatic heterocycles. The lowest BCUT2D eigenvalue weighted by Gasteiger charge is -2.26. The molecule has 0 aliphatic carbocycles. The fourth-order valence-corrected chi connectivity index (χ4v) is 5.25. The third-order valence-electron chi connectivity index (χ3n) is 6.83. The number of urea groups is 1. The van der Waals surface area contributed by atoms with Crippen molar-refractivity contribution in [3.8, 4) is 11.5 Å². The molecule has 1 saturated heterocycles. The number of anilines is 1. The lowest BCUT2D eigenvalue weighted by molar-refractivity contribution is -0.139. The van der Waals surface area contributed by atoms with Crippen LogP contribution in [-0.4, -0.2) is 74.6 Å². The predicted octanol–water partition coefficient (Wildman–Crippen LogP) is 6.63. The van der Waals surface area contributed by atoms with Gasteiger partial charge in [0, 0.05) is 58.9 Å². The molecular formula is C28H35F6N5O4Si. The molecule has 0 radical (unpaired) electrons. The zero-order valence-corrected chi connectivity index (χ0v) is 25.6. The van der Waals surface area contributed by atoms with E-state index in [2.05, 4.69) is 40.2 Å². The van der Waals surface area contributed by atoms with E-state index in [1.165, 1.54) is 6.07 Å². The number of hydrogen-bond donors (Lipinski definition) is 2. The van der Waals surface area contributed by atoms with Gasteiger partial charge in [-0.3, -0.25) is 4.90 Å². The Bertz CT molecular complexity index is 1430. The number of fused-ring (bicyclic) bond motifs is 1. The summed E-state index contributed by atoms with van der Waals surface area (Å²) in [6, 6.07) is 3.94. The molecule has 1 fully saturated rings. The Balaban J connectivity index is 1.55. The van der Waals surface area contributed by atoms with Crippen molar-refractivity contribution in [3.63, 3.8) is 0 Å². The Morgan fingerprint density at radius 1 is 1.02 bits per heavy atom. The Kier molecular flexibility index (Phi) is 10.5. The van der Waals surface area contributed by atoms with E-state index in [-0.39, 0.29) is 24.6 Å². The first-order valence-corrected chi connectivity index (χ1v) is 17.7. The number of amides is 2. The largest absolute Gasteiger partial charge is 0.456 e. The maximum atomic E-state index is 14.1. The second kappa shape index (κ2) is 13.7. The second-order valence-electron chi connectivity index (χ2n) is 11.5. The topological polar surface area (TPSA) is 89.9 Å². The molecule has 2 amide bonds. The average molecular weight is 648 g/mol. The Labute approximate surface area is 251 Å². The van der Waals surface area contributed by atoms with Crippen LogP contribution in [0.25, 0.3) is 11.0 Å². The summed E-state index contributed by atoms with van der Waals surface area (Å²) in [6.45, 7) is 9.93. The van der Waals surface area contributed by atoms with Crippen molar-refractivity contribution in [2.45, 2.75) is 44.8 Å². The SMILES string of the molecule is C[Si](C)(C)CCOCn1cc(C(F)(F)F)c2c(Oc3ccc(NC(=O)NCCN4CCOCC4)cc3C(F)(F)F)ccnc21. The summed E-state index contributed by atoms with van der Waals surface area (Å²) in [5.41, 5.74) is -2.73. The molecule has 3 aromatic rings. The van der Waals surface area contributed by atoms with Crippen LogP contribution < -0.4 is 15.4 Å². The predicted molar refractivity (Wildman–Crippen MR) is 155 cm³/mol. The van der Waals surface area contributed by atoms with E-state index in [9.17, 15) is 31.1 Å². The number of nitrogens with one attached hydrogen (secondary N) is 2. The van der Waals surface area contributed by atoms with Crippen LogP contribution >= 0.6 is 0 Å². The molecule has 0 spiro atoms. The first-order valence-electron chi connectivity index (χ1n) is 14.0. The van der Waals surface area contributed by atoms with Crippen molar-refractivity contribution in [1.29, 1.82) is 0 Å². The molecule has 1 aromatic carbocycles. The number of carbonyl (C=O) groups excluding carboxylic acids is 1. The minimum Gasteiger partial charge on any atom is -0.456 e. The molecule has 16 heteroatoms. The van der Waals surface area contributed by atoms with Gasteiger partial charge < -0.3 is 29.4 Å². The highest BCUT2D eigenvalue weighted by Crippen LogP contribution is 2.44. The van der Waals surface area contributed by atoms with Crippen LogP contribution in [0.1, 0.15) is 11.1 Å². The number of halogens is 6. The van der Waals surface area contributed by atoms with Crippen molar-refractivity contribution in [3.05, 3.63) is 47.8 Å². The first kappa shape index (κ1) is 33.5. The summed E-state index contributed by atoms with van der Waals surface area (Å²) in [6.07, 6.45) is -7.83. The van der Waals surface area contributed by atoms with E-state index in [0.29, 0.717) is 45.5 Å². The summed E-state index contributed by atoms with van der Waals surface area (Å²) in [5, 5.41) is 4.45. The fraction of sp³-hybridized carbons (Fsp3) is 0.500. The number of benzene rings is 1. The van der Waals surface area contributed by atoms with Crippen LogP contribution in [0.3, 0.4) is 0 Å². The van der Waals surface area contributed by atoms with Crippen molar-refractivity contribution in [2.75, 3.05) is 51.3 Å². The zero-order chi connectivity index (χ0) is 32.1. The maximum absolute atomic E-state index is 14.1. The number of aromatic nitrogens is 2. The van der Waals surface area contributed by atoms with E-state index in [1.54, 1.807) is 0 Å². The Morgan fingerprint density at radius 3 is 2.39 bits per heavy atom. The molecule has 44 heavy (non-hydrogen) atoms. The highest BCUT2D eigenvalue weighted by Gasteiger charge is 2.38. The molecule has 1 aliphatic heterocycles. The normalized spacial score (nSPS) is 15.0. The number of ether oxygens (including phenoxy) is 3. The van der Waals surface area contributed by atoms with Crippen LogP contribution in [0.2, 0.25) is 25.7 Å². The second-order valence-corrected chi connectivity index (χ2v) is 17.1. The highest BCUT2D eigenvalue weighted by atomic mass is 28.3. The van der Waals surface area contributed by atoms with Crippen LogP contribution in [0.4, 0.5) is 36.8 Å². The average Bonchev–Trinajstić information content (AvgIpc) is 3.32. The molecule has 0 atom stereocenters. The number of hydrogen-bond acceptors (Lipinski definition) is 6. The lowest BCUT2D eigenvalue weighted by Crippen LogP contribution is -2.42. The smallest absolute Gasteiger partial charge is 0.420 e. The summed E-state index contributed by atoms with van der Waals surface area (Å²) < 4.78 is 102. The van der Waals surface area contributed by atoms with Gasteiger partial charge in [-0.15, -0.1) is 0 Å². The Morgan fingerprint density at radius 2 is 1.73 bits per heavy atom. The molecule has 0 bridgehead atoms. The standard InChI is InChI=1S/C28H35F6N5O4Si/c1-44(2,3)15-14-42-18-39-17-21(28(32,33)34)24-23(6-7-35-25(24)39)43-22-5-4-19(16-20(22)27(29,30)31)37-26(40)36-8-9-38-10-12-41-13-11-38/h4-7,16-17H,8-15,18H2,1-3H3,(H2,36,37,40). The van der Waals surface area contributed by atoms with Crippen molar-refractivity contribution in [1.82, 2.24) is 19.8 Å². The summed E-state index contributed by atoms with van der Waals surface area (Å²) in [5.74, 6) is -1.20. The molecule has 3 heterocycles. The van der Waals surface area contributed by atoms with Gasteiger partial charge in [0.05, 0.1) is 24.2 Å². The molecule has 4 rings (SSSR count). The lowest BCUT2D eigenvalue weighted by atomic mass is 10.1. The van der Waals surface area contributed by atoms with Gasteiger partial charge in [-0.2, -0.15) is 26.3 Å². The molecule has 242 valence electrons. The molecular weight excluding hydrogens is 612 g/mol. The summed E-state index contributed by atoms with van der Waals surface area (Å²) in [7, 11) is -1.45. The molecule has 1 aliphatic rings. The van der Waals surface area contributed by atoms with Gasteiger partial charge in [-0.05, 0) is 30.3 Å². The van der Waals surface area contributed by atoms with Gasteiger partial charge in [0.25, 0.3) is 0 Å². The molecule has 2 N–H and O–H groups in total. The van der Waals surface area contributed by atoms with Crippen LogP contribution in [0, 0.1) is 0 Å². The van der Waals surface area contributed by atoms with Crippen molar-refractivity contribution < 1.29 is 45.3 Å². The number of morpholine rings is 1. The van der Waals surface area contributed by atoms with Gasteiger partial charge in [0.1, 0.15) is 29.4 Å². The maximum Gasteiger partial charge on any atom is 0.420 e. The van der Waals surface area contributed by atoms with Gasteiger partial charge in [0.2, 0.25) is 0 Å². The van der Waals surface area contributed by atoms with Gasteiger partial charge in [-0.25, -0.2) is 9.78 Å². The minimum absolute atomic E-state index is 0.150. The van der Waals surface area contributed by atoms with Crippen molar-refractivity contribution >= 4 is 30.8 Å².